The summed E-state index contributed by atoms with van der Waals surface area (Å²) in [5, 5.41) is 8.97. The number of anilines is 1. The molecule has 0 aliphatic carbocycles. The first kappa shape index (κ1) is 21.5. The molecule has 3 aromatic carbocycles. The van der Waals surface area contributed by atoms with Gasteiger partial charge in [-0.25, -0.2) is 4.79 Å². The predicted octanol–water partition coefficient (Wildman–Crippen LogP) is 2.39. The molecular weight excluding hydrogens is 398 g/mol. The van der Waals surface area contributed by atoms with E-state index in [-0.39, 0.29) is 18.9 Å². The Hall–Kier alpha value is -4.20. The van der Waals surface area contributed by atoms with Crippen LogP contribution in [0.25, 0.3) is 10.8 Å². The van der Waals surface area contributed by atoms with E-state index in [1.807, 2.05) is 47.8 Å². The van der Waals surface area contributed by atoms with Crippen molar-refractivity contribution in [1.29, 1.82) is 0 Å². The molecule has 8 heteroatoms. The second kappa shape index (κ2) is 10.5. The second-order valence-corrected chi connectivity index (χ2v) is 6.62. The number of carbonyl (C=O) groups is 4. The Morgan fingerprint density at radius 3 is 2.29 bits per heavy atom. The molecule has 0 radical (unpaired) electrons. The van der Waals surface area contributed by atoms with Crippen LogP contribution in [-0.2, 0) is 25.5 Å². The lowest BCUT2D eigenvalue weighted by Gasteiger charge is -2.09. The van der Waals surface area contributed by atoms with E-state index in [0.29, 0.717) is 5.69 Å². The van der Waals surface area contributed by atoms with Crippen LogP contribution in [-0.4, -0.2) is 37.0 Å². The van der Waals surface area contributed by atoms with Crippen molar-refractivity contribution in [1.82, 2.24) is 10.6 Å². The van der Waals surface area contributed by atoms with Crippen LogP contribution < -0.4 is 16.0 Å². The zero-order valence-corrected chi connectivity index (χ0v) is 16.6. The Labute approximate surface area is 178 Å². The van der Waals surface area contributed by atoms with Crippen LogP contribution in [0, 0.1) is 0 Å². The summed E-state index contributed by atoms with van der Waals surface area (Å²) in [6.07, 6.45) is 0.106. The van der Waals surface area contributed by atoms with E-state index < -0.39 is 24.5 Å². The maximum absolute atomic E-state index is 12.2. The highest BCUT2D eigenvalue weighted by Gasteiger charge is 2.13. The number of benzene rings is 3. The number of amides is 4. The van der Waals surface area contributed by atoms with Crippen molar-refractivity contribution in [3.63, 3.8) is 0 Å². The van der Waals surface area contributed by atoms with Crippen molar-refractivity contribution in [2.24, 2.45) is 0 Å². The smallest absolute Gasteiger partial charge is 0.325 e. The molecule has 0 spiro atoms. The fraction of sp³-hybridized carbons (Fsp3) is 0.130. The normalized spacial score (nSPS) is 10.2. The number of fused-ring (bicyclic) bond motifs is 1. The molecule has 0 saturated heterocycles. The van der Waals surface area contributed by atoms with E-state index in [1.54, 1.807) is 30.3 Å². The Morgan fingerprint density at radius 2 is 1.48 bits per heavy atom. The number of ether oxygens (including phenoxy) is 1. The zero-order valence-electron chi connectivity index (χ0n) is 16.6. The Balaban J connectivity index is 1.38. The molecule has 3 rings (SSSR count). The van der Waals surface area contributed by atoms with Crippen molar-refractivity contribution in [3.05, 3.63) is 78.4 Å². The van der Waals surface area contributed by atoms with E-state index in [0.717, 1.165) is 16.3 Å². The van der Waals surface area contributed by atoms with E-state index in [1.165, 1.54) is 0 Å². The van der Waals surface area contributed by atoms with Gasteiger partial charge in [0.2, 0.25) is 5.91 Å². The lowest BCUT2D eigenvalue weighted by atomic mass is 10.0. The summed E-state index contributed by atoms with van der Waals surface area (Å²) in [5.41, 5.74) is 1.35. The average Bonchev–Trinajstić information content (AvgIpc) is 2.77. The first-order chi connectivity index (χ1) is 15.0. The van der Waals surface area contributed by atoms with Crippen LogP contribution in [0.2, 0.25) is 0 Å². The molecule has 0 saturated carbocycles. The molecule has 0 bridgehead atoms. The van der Waals surface area contributed by atoms with Gasteiger partial charge in [-0.3, -0.25) is 19.7 Å². The van der Waals surface area contributed by atoms with Crippen molar-refractivity contribution in [2.45, 2.75) is 6.42 Å². The number of rotatable bonds is 7. The Bertz CT molecular complexity index is 1090. The molecule has 0 aliphatic rings. The molecule has 0 aliphatic heterocycles. The summed E-state index contributed by atoms with van der Waals surface area (Å²) in [4.78, 5) is 47.4. The third kappa shape index (κ3) is 6.67. The van der Waals surface area contributed by atoms with Gasteiger partial charge in [-0.1, -0.05) is 60.7 Å². The average molecular weight is 419 g/mol. The number of hydrogen-bond donors (Lipinski definition) is 3. The second-order valence-electron chi connectivity index (χ2n) is 6.62. The highest BCUT2D eigenvalue weighted by molar-refractivity contribution is 6.02. The minimum Gasteiger partial charge on any atom is -0.454 e. The lowest BCUT2D eigenvalue weighted by Crippen LogP contribution is -2.38. The summed E-state index contributed by atoms with van der Waals surface area (Å²) in [6.45, 7) is -1.02. The van der Waals surface area contributed by atoms with Crippen molar-refractivity contribution in [2.75, 3.05) is 18.5 Å². The number of para-hydroxylation sites is 1. The van der Waals surface area contributed by atoms with Crippen LogP contribution in [0.15, 0.2) is 72.8 Å². The number of carbonyl (C=O) groups excluding carboxylic acids is 4. The molecule has 0 unspecified atom stereocenters. The molecule has 3 aromatic rings. The van der Waals surface area contributed by atoms with E-state index in [4.69, 9.17) is 4.74 Å². The number of urea groups is 1. The van der Waals surface area contributed by atoms with Crippen LogP contribution in [0.1, 0.15) is 5.56 Å². The number of nitrogens with one attached hydrogen (secondary N) is 3. The lowest BCUT2D eigenvalue weighted by molar-refractivity contribution is -0.148. The maximum Gasteiger partial charge on any atom is 0.325 e. The molecule has 31 heavy (non-hydrogen) atoms. The van der Waals surface area contributed by atoms with Crippen LogP contribution >= 0.6 is 0 Å². The number of imide groups is 1. The van der Waals surface area contributed by atoms with Gasteiger partial charge in [-0.15, -0.1) is 0 Å². The molecule has 4 amide bonds. The Morgan fingerprint density at radius 1 is 0.774 bits per heavy atom. The van der Waals surface area contributed by atoms with Gasteiger partial charge >= 0.3 is 12.0 Å². The minimum absolute atomic E-state index is 0.106. The van der Waals surface area contributed by atoms with Crippen molar-refractivity contribution < 1.29 is 23.9 Å². The van der Waals surface area contributed by atoms with Gasteiger partial charge in [0.15, 0.2) is 6.61 Å². The Kier molecular flexibility index (Phi) is 7.31. The van der Waals surface area contributed by atoms with Crippen molar-refractivity contribution >= 4 is 40.3 Å². The summed E-state index contributed by atoms with van der Waals surface area (Å²) in [7, 11) is 0. The van der Waals surface area contributed by atoms with Crippen LogP contribution in [0.3, 0.4) is 0 Å². The van der Waals surface area contributed by atoms with Gasteiger partial charge in [-0.2, -0.15) is 0 Å². The standard InChI is InChI=1S/C23H21N3O5/c27-20(13-17-9-6-8-16-7-4-5-12-19(16)17)24-14-22(29)31-15-21(28)26-23(30)25-18-10-2-1-3-11-18/h1-12H,13-15H2,(H,24,27)(H2,25,26,28,30). The topological polar surface area (TPSA) is 114 Å². The quantitative estimate of drug-likeness (QED) is 0.509. The zero-order chi connectivity index (χ0) is 22.1. The first-order valence-electron chi connectivity index (χ1n) is 9.56. The highest BCUT2D eigenvalue weighted by atomic mass is 16.5. The number of hydrogen-bond acceptors (Lipinski definition) is 5. The molecule has 0 aromatic heterocycles. The van der Waals surface area contributed by atoms with Gasteiger partial charge in [0.25, 0.3) is 5.91 Å². The molecule has 158 valence electrons. The van der Waals surface area contributed by atoms with Gasteiger partial charge in [-0.05, 0) is 28.5 Å². The van der Waals surface area contributed by atoms with E-state index >= 15 is 0 Å². The number of esters is 1. The summed E-state index contributed by atoms with van der Waals surface area (Å²) in [5.74, 6) is -1.92. The van der Waals surface area contributed by atoms with Gasteiger partial charge in [0.05, 0.1) is 6.42 Å². The molecular formula is C23H21N3O5. The van der Waals surface area contributed by atoms with E-state index in [9.17, 15) is 19.2 Å². The molecule has 0 heterocycles. The first-order valence-corrected chi connectivity index (χ1v) is 9.56. The van der Waals surface area contributed by atoms with Gasteiger partial charge in [0.1, 0.15) is 6.54 Å². The minimum atomic E-state index is -0.788. The highest BCUT2D eigenvalue weighted by Crippen LogP contribution is 2.18. The molecule has 0 atom stereocenters. The third-order valence-corrected chi connectivity index (χ3v) is 4.31. The van der Waals surface area contributed by atoms with Gasteiger partial charge < -0.3 is 15.4 Å². The SMILES string of the molecule is O=C(Cc1cccc2ccccc12)NCC(=O)OCC(=O)NC(=O)Nc1ccccc1. The monoisotopic (exact) mass is 419 g/mol. The summed E-state index contributed by atoms with van der Waals surface area (Å²) < 4.78 is 4.78. The van der Waals surface area contributed by atoms with Crippen LogP contribution in [0.5, 0.6) is 0 Å². The summed E-state index contributed by atoms with van der Waals surface area (Å²) >= 11 is 0. The summed E-state index contributed by atoms with van der Waals surface area (Å²) in [6, 6.07) is 21.2. The fourth-order valence-corrected chi connectivity index (χ4v) is 2.90. The molecule has 0 fully saturated rings. The molecule has 8 nitrogen and oxygen atoms in total. The predicted molar refractivity (Wildman–Crippen MR) is 115 cm³/mol. The van der Waals surface area contributed by atoms with Gasteiger partial charge in [0, 0.05) is 5.69 Å². The van der Waals surface area contributed by atoms with Crippen molar-refractivity contribution in [3.8, 4) is 0 Å². The third-order valence-electron chi connectivity index (χ3n) is 4.31. The fourth-order valence-electron chi connectivity index (χ4n) is 2.90. The largest absolute Gasteiger partial charge is 0.454 e. The van der Waals surface area contributed by atoms with E-state index in [2.05, 4.69) is 10.6 Å². The molecule has 3 N–H and O–H groups in total. The van der Waals surface area contributed by atoms with Crippen LogP contribution in [0.4, 0.5) is 10.5 Å². The maximum atomic E-state index is 12.2.